The molecule has 0 bridgehead atoms. The summed E-state index contributed by atoms with van der Waals surface area (Å²) in [7, 11) is 1.65. The lowest BCUT2D eigenvalue weighted by atomic mass is 9.98. The van der Waals surface area contributed by atoms with Gasteiger partial charge < -0.3 is 5.32 Å². The van der Waals surface area contributed by atoms with Gasteiger partial charge in [0.1, 0.15) is 11.5 Å². The molecule has 0 amide bonds. The van der Waals surface area contributed by atoms with Gasteiger partial charge in [0, 0.05) is 7.05 Å². The highest BCUT2D eigenvalue weighted by atomic mass is 19.4. The number of hydrogen-bond donors (Lipinski definition) is 1. The molecule has 0 aliphatic rings. The summed E-state index contributed by atoms with van der Waals surface area (Å²) in [4.78, 5) is 3.92. The molecular formula is C17H16F4N2. The lowest BCUT2D eigenvalue weighted by Gasteiger charge is -2.11. The van der Waals surface area contributed by atoms with Crippen molar-refractivity contribution in [2.45, 2.75) is 19.5 Å². The van der Waals surface area contributed by atoms with Gasteiger partial charge >= 0.3 is 6.18 Å². The molecule has 0 fully saturated rings. The minimum absolute atomic E-state index is 0.185. The number of rotatable bonds is 4. The standard InChI is InChI=1S/C17H16F4N2/c1-11-6-16(23-10-22-2)15(18)9-13(11)7-12-4-3-5-14(8-12)17(19,20)21/h3-6,8-10H,7H2,1-2H3,(H,22,23). The fraction of sp³-hybridized carbons (Fsp3) is 0.235. The van der Waals surface area contributed by atoms with E-state index in [2.05, 4.69) is 10.3 Å². The highest BCUT2D eigenvalue weighted by Crippen LogP contribution is 2.30. The molecule has 2 aromatic rings. The Morgan fingerprint density at radius 1 is 1.17 bits per heavy atom. The highest BCUT2D eigenvalue weighted by molar-refractivity contribution is 5.61. The van der Waals surface area contributed by atoms with Crippen molar-refractivity contribution in [3.63, 3.8) is 0 Å². The van der Waals surface area contributed by atoms with Gasteiger partial charge in [-0.25, -0.2) is 9.38 Å². The number of hydrogen-bond acceptors (Lipinski definition) is 1. The summed E-state index contributed by atoms with van der Waals surface area (Å²) in [5.41, 5.74) is 1.36. The molecule has 2 nitrogen and oxygen atoms in total. The third-order valence-electron chi connectivity index (χ3n) is 3.39. The summed E-state index contributed by atoms with van der Waals surface area (Å²) in [5, 5.41) is 2.67. The van der Waals surface area contributed by atoms with Crippen LogP contribution in [-0.4, -0.2) is 13.4 Å². The van der Waals surface area contributed by atoms with E-state index < -0.39 is 17.6 Å². The van der Waals surface area contributed by atoms with Gasteiger partial charge in [-0.1, -0.05) is 18.2 Å². The van der Waals surface area contributed by atoms with Crippen LogP contribution in [0.3, 0.4) is 0 Å². The molecule has 0 saturated heterocycles. The van der Waals surface area contributed by atoms with Crippen LogP contribution in [-0.2, 0) is 12.6 Å². The van der Waals surface area contributed by atoms with E-state index >= 15 is 0 Å². The van der Waals surface area contributed by atoms with Gasteiger partial charge in [-0.05, 0) is 48.2 Å². The second-order valence-electron chi connectivity index (χ2n) is 5.15. The van der Waals surface area contributed by atoms with Crippen molar-refractivity contribution in [1.82, 2.24) is 5.32 Å². The van der Waals surface area contributed by atoms with Gasteiger partial charge in [-0.2, -0.15) is 13.2 Å². The second-order valence-corrected chi connectivity index (χ2v) is 5.15. The lowest BCUT2D eigenvalue weighted by Crippen LogP contribution is -2.05. The average molecular weight is 324 g/mol. The minimum Gasteiger partial charge on any atom is -0.379 e. The number of aliphatic imine (C=N–C) groups is 1. The molecule has 0 radical (unpaired) electrons. The van der Waals surface area contributed by atoms with E-state index in [1.54, 1.807) is 26.1 Å². The Morgan fingerprint density at radius 2 is 1.91 bits per heavy atom. The quantitative estimate of drug-likeness (QED) is 0.495. The van der Waals surface area contributed by atoms with E-state index in [0.29, 0.717) is 11.1 Å². The van der Waals surface area contributed by atoms with Gasteiger partial charge in [0.15, 0.2) is 0 Å². The topological polar surface area (TPSA) is 24.4 Å². The molecule has 2 aromatic carbocycles. The molecule has 2 rings (SSSR count). The number of nitrogens with one attached hydrogen (secondary N) is 1. The van der Waals surface area contributed by atoms with Crippen LogP contribution in [0.15, 0.2) is 41.4 Å². The summed E-state index contributed by atoms with van der Waals surface area (Å²) in [6, 6.07) is 7.95. The third kappa shape index (κ3) is 4.31. The van der Waals surface area contributed by atoms with Crippen LogP contribution >= 0.6 is 0 Å². The second kappa shape index (κ2) is 6.81. The average Bonchev–Trinajstić information content (AvgIpc) is 2.49. The van der Waals surface area contributed by atoms with Crippen LogP contribution in [0.25, 0.3) is 0 Å². The third-order valence-corrected chi connectivity index (χ3v) is 3.39. The Bertz CT molecular complexity index is 721. The molecule has 0 unspecified atom stereocenters. The lowest BCUT2D eigenvalue weighted by molar-refractivity contribution is -0.137. The summed E-state index contributed by atoms with van der Waals surface area (Å²) in [5.74, 6) is -0.510. The van der Waals surface area contributed by atoms with Crippen molar-refractivity contribution in [3.8, 4) is 0 Å². The Labute approximate surface area is 131 Å². The Kier molecular flexibility index (Phi) is 5.03. The number of halogens is 4. The van der Waals surface area contributed by atoms with E-state index in [0.717, 1.165) is 17.7 Å². The monoisotopic (exact) mass is 324 g/mol. The first-order chi connectivity index (χ1) is 10.8. The molecule has 0 aliphatic heterocycles. The zero-order chi connectivity index (χ0) is 17.0. The molecule has 0 saturated carbocycles. The number of benzene rings is 2. The zero-order valence-electron chi connectivity index (χ0n) is 12.7. The van der Waals surface area contributed by atoms with Crippen molar-refractivity contribution in [3.05, 3.63) is 64.5 Å². The normalized spacial score (nSPS) is 11.9. The van der Waals surface area contributed by atoms with Gasteiger partial charge in [-0.15, -0.1) is 0 Å². The molecule has 0 heterocycles. The summed E-state index contributed by atoms with van der Waals surface area (Å²) < 4.78 is 52.2. The van der Waals surface area contributed by atoms with Crippen LogP contribution in [0.5, 0.6) is 0 Å². The fourth-order valence-electron chi connectivity index (χ4n) is 2.21. The van der Waals surface area contributed by atoms with Crippen molar-refractivity contribution in [2.75, 3.05) is 7.05 Å². The van der Waals surface area contributed by atoms with Crippen molar-refractivity contribution in [1.29, 1.82) is 0 Å². The van der Waals surface area contributed by atoms with E-state index in [4.69, 9.17) is 0 Å². The number of nitrogens with zero attached hydrogens (tertiary/aromatic N) is 1. The van der Waals surface area contributed by atoms with E-state index in [9.17, 15) is 17.6 Å². The van der Waals surface area contributed by atoms with Crippen LogP contribution in [0.1, 0.15) is 22.3 Å². The molecule has 0 aromatic heterocycles. The van der Waals surface area contributed by atoms with Crippen LogP contribution in [0.4, 0.5) is 23.2 Å². The first-order valence-electron chi connectivity index (χ1n) is 6.96. The van der Waals surface area contributed by atoms with Crippen LogP contribution in [0.2, 0.25) is 0 Å². The molecule has 122 valence electrons. The van der Waals surface area contributed by atoms with Gasteiger partial charge in [-0.3, -0.25) is 0 Å². The molecule has 6 heteroatoms. The smallest absolute Gasteiger partial charge is 0.379 e. The maximum absolute atomic E-state index is 14.0. The van der Waals surface area contributed by atoms with Gasteiger partial charge in [0.05, 0.1) is 11.9 Å². The molecular weight excluding hydrogens is 308 g/mol. The Morgan fingerprint density at radius 3 is 2.57 bits per heavy atom. The predicted molar refractivity (Wildman–Crippen MR) is 82.6 cm³/mol. The number of aryl methyl sites for hydroxylation is 1. The van der Waals surface area contributed by atoms with Gasteiger partial charge in [0.25, 0.3) is 0 Å². The first kappa shape index (κ1) is 17.0. The van der Waals surface area contributed by atoms with Crippen molar-refractivity contribution in [2.24, 2.45) is 4.99 Å². The SMILES string of the molecule is CN/C=N\c1cc(C)c(Cc2cccc(C(F)(F)F)c2)cc1F. The highest BCUT2D eigenvalue weighted by Gasteiger charge is 2.30. The summed E-state index contributed by atoms with van der Waals surface area (Å²) >= 11 is 0. The molecule has 0 spiro atoms. The maximum atomic E-state index is 14.0. The van der Waals surface area contributed by atoms with E-state index in [1.165, 1.54) is 18.5 Å². The molecule has 1 N–H and O–H groups in total. The molecule has 23 heavy (non-hydrogen) atoms. The molecule has 0 aliphatic carbocycles. The predicted octanol–water partition coefficient (Wildman–Crippen LogP) is 4.62. The first-order valence-corrected chi connectivity index (χ1v) is 6.96. The Balaban J connectivity index is 2.30. The maximum Gasteiger partial charge on any atom is 0.416 e. The zero-order valence-corrected chi connectivity index (χ0v) is 12.7. The summed E-state index contributed by atoms with van der Waals surface area (Å²) in [6.45, 7) is 1.78. The number of alkyl halides is 3. The summed E-state index contributed by atoms with van der Waals surface area (Å²) in [6.07, 6.45) is -2.80. The van der Waals surface area contributed by atoms with Crippen molar-refractivity contribution >= 4 is 12.0 Å². The van der Waals surface area contributed by atoms with Crippen LogP contribution < -0.4 is 5.32 Å². The van der Waals surface area contributed by atoms with Crippen molar-refractivity contribution < 1.29 is 17.6 Å². The van der Waals surface area contributed by atoms with E-state index in [1.807, 2.05) is 0 Å². The van der Waals surface area contributed by atoms with Gasteiger partial charge in [0.2, 0.25) is 0 Å². The fourth-order valence-corrected chi connectivity index (χ4v) is 2.21. The Hall–Kier alpha value is -2.37. The molecule has 0 atom stereocenters. The largest absolute Gasteiger partial charge is 0.416 e. The minimum atomic E-state index is -4.39. The van der Waals surface area contributed by atoms with Crippen LogP contribution in [0, 0.1) is 12.7 Å². The van der Waals surface area contributed by atoms with E-state index in [-0.39, 0.29) is 12.1 Å².